The second-order valence-electron chi connectivity index (χ2n) is 9.49. The number of aromatic nitrogens is 4. The van der Waals surface area contributed by atoms with Crippen molar-refractivity contribution in [3.05, 3.63) is 36.4 Å². The number of hydrogen-bond acceptors (Lipinski definition) is 10. The van der Waals surface area contributed by atoms with E-state index in [4.69, 9.17) is 30.3 Å². The zero-order chi connectivity index (χ0) is 26.2. The number of anilines is 1. The molecule has 1 fully saturated rings. The number of likely N-dealkylation sites (tertiary alicyclic amines) is 1. The second kappa shape index (κ2) is 10.2. The normalized spacial score (nSPS) is 15.5. The van der Waals surface area contributed by atoms with Gasteiger partial charge in [0.05, 0.1) is 6.54 Å². The molecule has 1 aromatic carbocycles. The molecule has 6 rings (SSSR count). The number of amides is 1. The van der Waals surface area contributed by atoms with Crippen LogP contribution >= 0.6 is 11.8 Å². The number of piperidine rings is 1. The van der Waals surface area contributed by atoms with Gasteiger partial charge in [-0.05, 0) is 49.4 Å². The minimum Gasteiger partial charge on any atom is -0.460 e. The van der Waals surface area contributed by atoms with Gasteiger partial charge in [0.2, 0.25) is 12.7 Å². The van der Waals surface area contributed by atoms with Gasteiger partial charge >= 0.3 is 0 Å². The lowest BCUT2D eigenvalue weighted by Crippen LogP contribution is -2.37. The number of nitrogens with zero attached hydrogens (tertiary/aromatic N) is 5. The van der Waals surface area contributed by atoms with E-state index in [0.29, 0.717) is 52.5 Å². The maximum atomic E-state index is 11.7. The standard InChI is InChI=1S/C26H29N7O4S/c1-15(34)32-7-4-16(5-8-32)6-9-33-25-23(24(28)29-13-30-25)31-26(33)38-22-11-21-20(35-14-36-21)10-18(22)19-3-2-17(12-27)37-19/h2-3,10-11,13,16H,4-9,12,14,27H2,1H3,(H2,28,29,30). The van der Waals surface area contributed by atoms with Crippen LogP contribution in [0, 0.1) is 5.92 Å². The third kappa shape index (κ3) is 4.65. The van der Waals surface area contributed by atoms with E-state index in [-0.39, 0.29) is 12.7 Å². The fourth-order valence-corrected chi connectivity index (χ4v) is 6.05. The SMILES string of the molecule is CC(=O)N1CCC(CCn2c(Sc3cc4c(cc3-c3ccc(CN)o3)OCO4)nc3c(N)ncnc32)CC1. The van der Waals surface area contributed by atoms with Gasteiger partial charge in [0.1, 0.15) is 17.8 Å². The maximum Gasteiger partial charge on any atom is 0.231 e. The maximum absolute atomic E-state index is 11.7. The second-order valence-corrected chi connectivity index (χ2v) is 10.5. The summed E-state index contributed by atoms with van der Waals surface area (Å²) in [6.45, 7) is 4.44. The third-order valence-electron chi connectivity index (χ3n) is 7.15. The zero-order valence-electron chi connectivity index (χ0n) is 21.1. The van der Waals surface area contributed by atoms with Crippen molar-refractivity contribution in [2.75, 3.05) is 25.6 Å². The first kappa shape index (κ1) is 24.6. The molecular weight excluding hydrogens is 506 g/mol. The molecule has 0 atom stereocenters. The van der Waals surface area contributed by atoms with Crippen LogP contribution in [0.2, 0.25) is 0 Å². The van der Waals surface area contributed by atoms with E-state index in [0.717, 1.165) is 54.5 Å². The summed E-state index contributed by atoms with van der Waals surface area (Å²) >= 11 is 1.49. The number of nitrogens with two attached hydrogens (primary N) is 2. The zero-order valence-corrected chi connectivity index (χ0v) is 21.9. The van der Waals surface area contributed by atoms with E-state index in [1.165, 1.54) is 18.1 Å². The quantitative estimate of drug-likeness (QED) is 0.359. The fraction of sp³-hybridized carbons (Fsp3) is 0.385. The average Bonchev–Trinajstić information content (AvgIpc) is 3.66. The minimum atomic E-state index is 0.143. The number of benzene rings is 1. The van der Waals surface area contributed by atoms with Crippen molar-refractivity contribution in [1.29, 1.82) is 0 Å². The van der Waals surface area contributed by atoms with E-state index in [1.807, 2.05) is 29.2 Å². The molecule has 198 valence electrons. The Morgan fingerprint density at radius 2 is 1.95 bits per heavy atom. The van der Waals surface area contributed by atoms with Gasteiger partial charge in [-0.15, -0.1) is 0 Å². The average molecular weight is 536 g/mol. The molecular formula is C26H29N7O4S. The van der Waals surface area contributed by atoms with Gasteiger partial charge in [-0.25, -0.2) is 15.0 Å². The molecule has 0 spiro atoms. The van der Waals surface area contributed by atoms with Gasteiger partial charge < -0.3 is 34.8 Å². The van der Waals surface area contributed by atoms with Crippen molar-refractivity contribution in [3.63, 3.8) is 0 Å². The number of rotatable bonds is 7. The Bertz CT molecular complexity index is 1490. The predicted octanol–water partition coefficient (Wildman–Crippen LogP) is 3.66. The molecule has 0 unspecified atom stereocenters. The summed E-state index contributed by atoms with van der Waals surface area (Å²) in [6.07, 6.45) is 4.39. The number of furan rings is 1. The number of hydrogen-bond donors (Lipinski definition) is 2. The summed E-state index contributed by atoms with van der Waals surface area (Å²) in [5.74, 6) is 3.71. The fourth-order valence-electron chi connectivity index (χ4n) is 4.99. The summed E-state index contributed by atoms with van der Waals surface area (Å²) in [5, 5.41) is 0.749. The monoisotopic (exact) mass is 535 g/mol. The molecule has 3 aromatic heterocycles. The van der Waals surface area contributed by atoms with Crippen molar-refractivity contribution < 1.29 is 18.7 Å². The highest BCUT2D eigenvalue weighted by atomic mass is 32.2. The summed E-state index contributed by atoms with van der Waals surface area (Å²) < 4.78 is 19.4. The third-order valence-corrected chi connectivity index (χ3v) is 8.20. The number of carbonyl (C=O) groups excluding carboxylic acids is 1. The summed E-state index contributed by atoms with van der Waals surface area (Å²) in [4.78, 5) is 28.1. The van der Waals surface area contributed by atoms with Crippen molar-refractivity contribution in [2.24, 2.45) is 11.7 Å². The van der Waals surface area contributed by atoms with Gasteiger partial charge in [-0.3, -0.25) is 4.79 Å². The molecule has 5 heterocycles. The molecule has 0 aliphatic carbocycles. The molecule has 0 bridgehead atoms. The molecule has 0 radical (unpaired) electrons. The minimum absolute atomic E-state index is 0.143. The van der Waals surface area contributed by atoms with Crippen molar-refractivity contribution in [1.82, 2.24) is 24.4 Å². The molecule has 4 N–H and O–H groups in total. The summed E-state index contributed by atoms with van der Waals surface area (Å²) in [5.41, 5.74) is 14.1. The molecule has 38 heavy (non-hydrogen) atoms. The van der Waals surface area contributed by atoms with Crippen LogP contribution in [0.3, 0.4) is 0 Å². The number of aryl methyl sites for hydroxylation is 1. The van der Waals surface area contributed by atoms with Gasteiger partial charge in [-0.1, -0.05) is 11.8 Å². The van der Waals surface area contributed by atoms with Crippen LogP contribution < -0.4 is 20.9 Å². The molecule has 2 aliphatic heterocycles. The number of ether oxygens (including phenoxy) is 2. The molecule has 2 aliphatic rings. The van der Waals surface area contributed by atoms with Gasteiger partial charge in [-0.2, -0.15) is 0 Å². The van der Waals surface area contributed by atoms with Crippen LogP contribution in [0.5, 0.6) is 11.5 Å². The van der Waals surface area contributed by atoms with Crippen LogP contribution in [0.1, 0.15) is 31.9 Å². The van der Waals surface area contributed by atoms with Gasteiger partial charge in [0.15, 0.2) is 33.6 Å². The highest BCUT2D eigenvalue weighted by Crippen LogP contribution is 2.45. The Hall–Kier alpha value is -3.77. The number of nitrogen functional groups attached to an aromatic ring is 1. The molecule has 0 saturated carbocycles. The van der Waals surface area contributed by atoms with Gasteiger partial charge in [0.25, 0.3) is 0 Å². The van der Waals surface area contributed by atoms with Crippen LogP contribution in [-0.4, -0.2) is 50.2 Å². The smallest absolute Gasteiger partial charge is 0.231 e. The summed E-state index contributed by atoms with van der Waals surface area (Å²) in [7, 11) is 0. The highest BCUT2D eigenvalue weighted by molar-refractivity contribution is 7.99. The largest absolute Gasteiger partial charge is 0.460 e. The van der Waals surface area contributed by atoms with E-state index < -0.39 is 0 Å². The topological polar surface area (TPSA) is 148 Å². The Morgan fingerprint density at radius 3 is 2.68 bits per heavy atom. The first-order valence-corrected chi connectivity index (χ1v) is 13.4. The molecule has 11 nitrogen and oxygen atoms in total. The van der Waals surface area contributed by atoms with Crippen LogP contribution in [0.15, 0.2) is 45.1 Å². The van der Waals surface area contributed by atoms with Crippen LogP contribution in [0.4, 0.5) is 5.82 Å². The van der Waals surface area contributed by atoms with Crippen molar-refractivity contribution in [3.8, 4) is 22.8 Å². The molecule has 4 aromatic rings. The molecule has 12 heteroatoms. The van der Waals surface area contributed by atoms with E-state index in [1.54, 1.807) is 6.92 Å². The molecule has 1 amide bonds. The highest BCUT2D eigenvalue weighted by Gasteiger charge is 2.25. The first-order chi connectivity index (χ1) is 18.5. The Morgan fingerprint density at radius 1 is 1.16 bits per heavy atom. The lowest BCUT2D eigenvalue weighted by atomic mass is 9.93. The Kier molecular flexibility index (Phi) is 6.58. The lowest BCUT2D eigenvalue weighted by Gasteiger charge is -2.31. The Balaban J connectivity index is 1.33. The van der Waals surface area contributed by atoms with Crippen molar-refractivity contribution >= 4 is 34.7 Å². The number of fused-ring (bicyclic) bond motifs is 2. The van der Waals surface area contributed by atoms with Crippen molar-refractivity contribution in [2.45, 2.75) is 49.3 Å². The van der Waals surface area contributed by atoms with Crippen LogP contribution in [0.25, 0.3) is 22.5 Å². The number of carbonyl (C=O) groups is 1. The van der Waals surface area contributed by atoms with E-state index in [2.05, 4.69) is 14.5 Å². The summed E-state index contributed by atoms with van der Waals surface area (Å²) in [6, 6.07) is 7.65. The first-order valence-electron chi connectivity index (χ1n) is 12.6. The molecule has 1 saturated heterocycles. The Labute approximate surface area is 223 Å². The number of imidazole rings is 1. The predicted molar refractivity (Wildman–Crippen MR) is 142 cm³/mol. The van der Waals surface area contributed by atoms with E-state index >= 15 is 0 Å². The van der Waals surface area contributed by atoms with E-state index in [9.17, 15) is 4.79 Å². The van der Waals surface area contributed by atoms with Gasteiger partial charge in [0, 0.05) is 37.0 Å². The van der Waals surface area contributed by atoms with Crippen LogP contribution in [-0.2, 0) is 17.9 Å². The lowest BCUT2D eigenvalue weighted by molar-refractivity contribution is -0.130.